The summed E-state index contributed by atoms with van der Waals surface area (Å²) in [7, 11) is -1.63. The number of piperidine rings is 1. The van der Waals surface area contributed by atoms with Crippen LogP contribution in [0.1, 0.15) is 47.2 Å². The van der Waals surface area contributed by atoms with E-state index in [0.29, 0.717) is 31.5 Å². The van der Waals surface area contributed by atoms with E-state index in [0.717, 1.165) is 31.2 Å². The molecular formula is C18H26N2O4S. The van der Waals surface area contributed by atoms with Crippen LogP contribution < -0.4 is 0 Å². The summed E-state index contributed by atoms with van der Waals surface area (Å²) in [6, 6.07) is 3.52. The summed E-state index contributed by atoms with van der Waals surface area (Å²) in [6.07, 6.45) is 6.59. The lowest BCUT2D eigenvalue weighted by atomic mass is 9.89. The van der Waals surface area contributed by atoms with Crippen LogP contribution in [0.4, 0.5) is 0 Å². The Bertz CT molecular complexity index is 768. The lowest BCUT2D eigenvalue weighted by molar-refractivity contribution is 0.0683. The van der Waals surface area contributed by atoms with Crippen molar-refractivity contribution in [3.8, 4) is 5.75 Å². The SMILES string of the molecule is CN(C1CCN(C(=O)c2cc3c(cc2O)CCCC3)CC1)S(C)(=O)=O. The molecule has 1 aliphatic heterocycles. The lowest BCUT2D eigenvalue weighted by Gasteiger charge is -2.35. The number of phenolic OH excluding ortho intramolecular Hbond substituents is 1. The second-order valence-electron chi connectivity index (χ2n) is 7.15. The van der Waals surface area contributed by atoms with Crippen LogP contribution >= 0.6 is 0 Å². The van der Waals surface area contributed by atoms with Gasteiger partial charge >= 0.3 is 0 Å². The zero-order chi connectivity index (χ0) is 18.2. The van der Waals surface area contributed by atoms with E-state index in [4.69, 9.17) is 0 Å². The van der Waals surface area contributed by atoms with Gasteiger partial charge in [-0.3, -0.25) is 4.79 Å². The maximum atomic E-state index is 12.8. The van der Waals surface area contributed by atoms with Crippen molar-refractivity contribution in [1.82, 2.24) is 9.21 Å². The molecular weight excluding hydrogens is 340 g/mol. The summed E-state index contributed by atoms with van der Waals surface area (Å²) < 4.78 is 24.7. The zero-order valence-electron chi connectivity index (χ0n) is 14.9. The zero-order valence-corrected chi connectivity index (χ0v) is 15.7. The number of sulfonamides is 1. The maximum Gasteiger partial charge on any atom is 0.257 e. The van der Waals surface area contributed by atoms with Crippen molar-refractivity contribution in [1.29, 1.82) is 0 Å². The minimum absolute atomic E-state index is 0.0565. The van der Waals surface area contributed by atoms with Gasteiger partial charge in [0.2, 0.25) is 10.0 Å². The summed E-state index contributed by atoms with van der Waals surface area (Å²) in [5, 5.41) is 10.3. The van der Waals surface area contributed by atoms with Gasteiger partial charge in [0.1, 0.15) is 5.75 Å². The van der Waals surface area contributed by atoms with E-state index < -0.39 is 10.0 Å². The third kappa shape index (κ3) is 3.82. The van der Waals surface area contributed by atoms with E-state index in [-0.39, 0.29) is 17.7 Å². The number of fused-ring (bicyclic) bond motifs is 1. The Kier molecular flexibility index (Phi) is 5.06. The van der Waals surface area contributed by atoms with Crippen LogP contribution in [0.3, 0.4) is 0 Å². The normalized spacial score (nSPS) is 19.1. The molecule has 1 amide bonds. The summed E-state index contributed by atoms with van der Waals surface area (Å²) in [5.41, 5.74) is 2.68. The number of carbonyl (C=O) groups excluding carboxylic acids is 1. The van der Waals surface area contributed by atoms with E-state index >= 15 is 0 Å². The number of nitrogens with zero attached hydrogens (tertiary/aromatic N) is 2. The minimum atomic E-state index is -3.22. The predicted molar refractivity (Wildman–Crippen MR) is 96.3 cm³/mol. The number of aromatic hydroxyl groups is 1. The Labute approximate surface area is 149 Å². The van der Waals surface area contributed by atoms with Crippen LogP contribution in [0.15, 0.2) is 12.1 Å². The summed E-state index contributed by atoms with van der Waals surface area (Å²) in [5.74, 6) is -0.104. The van der Waals surface area contributed by atoms with Crippen molar-refractivity contribution in [3.63, 3.8) is 0 Å². The van der Waals surface area contributed by atoms with Crippen LogP contribution in [0.25, 0.3) is 0 Å². The van der Waals surface area contributed by atoms with Crippen molar-refractivity contribution >= 4 is 15.9 Å². The lowest BCUT2D eigenvalue weighted by Crippen LogP contribution is -2.47. The highest BCUT2D eigenvalue weighted by atomic mass is 32.2. The molecule has 3 rings (SSSR count). The Morgan fingerprint density at radius 1 is 1.16 bits per heavy atom. The number of rotatable bonds is 3. The molecule has 1 aromatic carbocycles. The highest BCUT2D eigenvalue weighted by molar-refractivity contribution is 7.88. The summed E-state index contributed by atoms with van der Waals surface area (Å²) >= 11 is 0. The van der Waals surface area contributed by atoms with Gasteiger partial charge in [-0.25, -0.2) is 12.7 Å². The fourth-order valence-corrected chi connectivity index (χ4v) is 4.57. The van der Waals surface area contributed by atoms with E-state index in [2.05, 4.69) is 0 Å². The van der Waals surface area contributed by atoms with Crippen molar-refractivity contribution in [2.75, 3.05) is 26.4 Å². The summed E-state index contributed by atoms with van der Waals surface area (Å²) in [4.78, 5) is 14.5. The van der Waals surface area contributed by atoms with Gasteiger partial charge in [-0.15, -0.1) is 0 Å². The fourth-order valence-electron chi connectivity index (χ4n) is 3.82. The Morgan fingerprint density at radius 2 is 1.72 bits per heavy atom. The first kappa shape index (κ1) is 18.2. The number of benzene rings is 1. The smallest absolute Gasteiger partial charge is 0.257 e. The van der Waals surface area contributed by atoms with Crippen LogP contribution in [0.2, 0.25) is 0 Å². The number of aryl methyl sites for hydroxylation is 2. The van der Waals surface area contributed by atoms with Gasteiger partial charge in [-0.1, -0.05) is 0 Å². The predicted octanol–water partition coefficient (Wildman–Crippen LogP) is 1.77. The third-order valence-electron chi connectivity index (χ3n) is 5.48. The number of carbonyl (C=O) groups is 1. The average molecular weight is 366 g/mol. The number of likely N-dealkylation sites (tertiary alicyclic amines) is 1. The highest BCUT2D eigenvalue weighted by Crippen LogP contribution is 2.30. The van der Waals surface area contributed by atoms with E-state index in [9.17, 15) is 18.3 Å². The topological polar surface area (TPSA) is 77.9 Å². The monoisotopic (exact) mass is 366 g/mol. The molecule has 0 aromatic heterocycles. The Morgan fingerprint density at radius 3 is 2.28 bits per heavy atom. The molecule has 0 spiro atoms. The standard InChI is InChI=1S/C18H26N2O4S/c1-19(25(2,23)24)15-7-9-20(10-8-15)18(22)16-11-13-5-3-4-6-14(13)12-17(16)21/h11-12,15,21H,3-10H2,1-2H3. The van der Waals surface area contributed by atoms with Crippen LogP contribution in [0, 0.1) is 0 Å². The first-order valence-corrected chi connectivity index (χ1v) is 10.7. The number of hydrogen-bond donors (Lipinski definition) is 1. The van der Waals surface area contributed by atoms with Gasteiger partial charge in [-0.2, -0.15) is 0 Å². The Hall–Kier alpha value is -1.60. The molecule has 1 fully saturated rings. The van der Waals surface area contributed by atoms with Gasteiger partial charge in [0.25, 0.3) is 5.91 Å². The van der Waals surface area contributed by atoms with Crippen LogP contribution in [-0.2, 0) is 22.9 Å². The molecule has 1 saturated heterocycles. The first-order valence-electron chi connectivity index (χ1n) is 8.84. The second-order valence-corrected chi connectivity index (χ2v) is 9.19. The first-order chi connectivity index (χ1) is 11.8. The average Bonchev–Trinajstić information content (AvgIpc) is 2.59. The highest BCUT2D eigenvalue weighted by Gasteiger charge is 2.30. The van der Waals surface area contributed by atoms with E-state index in [1.165, 1.54) is 16.1 Å². The molecule has 2 aliphatic rings. The quantitative estimate of drug-likeness (QED) is 0.884. The molecule has 1 aliphatic carbocycles. The molecule has 0 saturated carbocycles. The summed E-state index contributed by atoms with van der Waals surface area (Å²) in [6.45, 7) is 1.000. The van der Waals surface area contributed by atoms with Gasteiger partial charge in [0.15, 0.2) is 0 Å². The van der Waals surface area contributed by atoms with Crippen molar-refractivity contribution in [2.45, 2.75) is 44.6 Å². The van der Waals surface area contributed by atoms with Gasteiger partial charge in [0.05, 0.1) is 11.8 Å². The molecule has 7 heteroatoms. The maximum absolute atomic E-state index is 12.8. The molecule has 1 heterocycles. The largest absolute Gasteiger partial charge is 0.507 e. The molecule has 0 atom stereocenters. The van der Waals surface area contributed by atoms with Gasteiger partial charge in [-0.05, 0) is 61.8 Å². The molecule has 25 heavy (non-hydrogen) atoms. The molecule has 0 bridgehead atoms. The van der Waals surface area contributed by atoms with Crippen molar-refractivity contribution < 1.29 is 18.3 Å². The molecule has 0 unspecified atom stereocenters. The van der Waals surface area contributed by atoms with E-state index in [1.54, 1.807) is 18.0 Å². The van der Waals surface area contributed by atoms with Gasteiger partial charge in [0, 0.05) is 26.2 Å². The minimum Gasteiger partial charge on any atom is -0.507 e. The fraction of sp³-hybridized carbons (Fsp3) is 0.611. The molecule has 6 nitrogen and oxygen atoms in total. The second kappa shape index (κ2) is 6.96. The molecule has 1 aromatic rings. The van der Waals surface area contributed by atoms with Crippen LogP contribution in [0.5, 0.6) is 5.75 Å². The number of phenols is 1. The van der Waals surface area contributed by atoms with Gasteiger partial charge < -0.3 is 10.0 Å². The third-order valence-corrected chi connectivity index (χ3v) is 6.82. The number of amides is 1. The molecule has 1 N–H and O–H groups in total. The van der Waals surface area contributed by atoms with Crippen molar-refractivity contribution in [2.24, 2.45) is 0 Å². The number of hydrogen-bond acceptors (Lipinski definition) is 4. The van der Waals surface area contributed by atoms with Crippen molar-refractivity contribution in [3.05, 3.63) is 28.8 Å². The molecule has 0 radical (unpaired) electrons. The van der Waals surface area contributed by atoms with E-state index in [1.807, 2.05) is 6.07 Å². The Balaban J connectivity index is 1.71. The molecule has 138 valence electrons. The van der Waals surface area contributed by atoms with Crippen LogP contribution in [-0.4, -0.2) is 61.1 Å².